The zero-order valence-corrected chi connectivity index (χ0v) is 19.6. The van der Waals surface area contributed by atoms with Gasteiger partial charge in [-0.3, -0.25) is 14.6 Å². The number of nitrogens with one attached hydrogen (secondary N) is 1. The molecule has 1 aliphatic rings. The lowest BCUT2D eigenvalue weighted by atomic mass is 10.2. The average Bonchev–Trinajstić information content (AvgIpc) is 3.25. The predicted octanol–water partition coefficient (Wildman–Crippen LogP) is 3.19. The first-order valence-electron chi connectivity index (χ1n) is 10.3. The summed E-state index contributed by atoms with van der Waals surface area (Å²) in [6.45, 7) is 9.93. The number of nitrogens with zero attached hydrogens (tertiary/aromatic N) is 5. The molecule has 0 atom stereocenters. The number of piperazine rings is 1. The largest absolute Gasteiger partial charge is 0.357 e. The molecule has 158 valence electrons. The van der Waals surface area contributed by atoms with Crippen molar-refractivity contribution in [2.24, 2.45) is 4.99 Å². The van der Waals surface area contributed by atoms with Crippen LogP contribution in [0, 0.1) is 0 Å². The summed E-state index contributed by atoms with van der Waals surface area (Å²) in [7, 11) is 0. The molecule has 0 aliphatic carbocycles. The first kappa shape index (κ1) is 23.4. The molecule has 2 aromatic rings. The van der Waals surface area contributed by atoms with Crippen LogP contribution in [0.15, 0.2) is 59.9 Å². The van der Waals surface area contributed by atoms with E-state index in [1.807, 2.05) is 23.1 Å². The maximum Gasteiger partial charge on any atom is 0.194 e. The van der Waals surface area contributed by atoms with Gasteiger partial charge in [-0.15, -0.1) is 24.0 Å². The first-order valence-corrected chi connectivity index (χ1v) is 10.3. The van der Waals surface area contributed by atoms with Gasteiger partial charge in [0.1, 0.15) is 0 Å². The third kappa shape index (κ3) is 8.18. The average molecular weight is 508 g/mol. The van der Waals surface area contributed by atoms with E-state index in [4.69, 9.17) is 4.99 Å². The van der Waals surface area contributed by atoms with Crippen molar-refractivity contribution < 1.29 is 0 Å². The van der Waals surface area contributed by atoms with Crippen LogP contribution < -0.4 is 5.32 Å². The molecular weight excluding hydrogens is 475 g/mol. The Morgan fingerprint density at radius 1 is 1.14 bits per heavy atom. The molecule has 0 radical (unpaired) electrons. The molecule has 6 nitrogen and oxygen atoms in total. The van der Waals surface area contributed by atoms with Crippen molar-refractivity contribution in [2.45, 2.75) is 19.9 Å². The minimum absolute atomic E-state index is 0. The van der Waals surface area contributed by atoms with E-state index in [-0.39, 0.29) is 24.0 Å². The van der Waals surface area contributed by atoms with Crippen molar-refractivity contribution in [2.75, 3.05) is 45.8 Å². The lowest BCUT2D eigenvalue weighted by Gasteiger charge is -2.36. The third-order valence-corrected chi connectivity index (χ3v) is 4.85. The van der Waals surface area contributed by atoms with Crippen molar-refractivity contribution in [3.8, 4) is 0 Å². The maximum atomic E-state index is 4.82. The van der Waals surface area contributed by atoms with Crippen LogP contribution in [0.3, 0.4) is 0 Å². The Balaban J connectivity index is 0.00000300. The molecule has 3 rings (SSSR count). The molecule has 0 bridgehead atoms. The summed E-state index contributed by atoms with van der Waals surface area (Å²) in [5.41, 5.74) is 1.26. The monoisotopic (exact) mass is 508 g/mol. The number of hydrogen-bond acceptors (Lipinski definition) is 3. The van der Waals surface area contributed by atoms with Gasteiger partial charge in [0.25, 0.3) is 0 Å². The normalized spacial score (nSPS) is 15.5. The van der Waals surface area contributed by atoms with Gasteiger partial charge in [0.2, 0.25) is 0 Å². The molecular formula is C22H33IN6. The van der Waals surface area contributed by atoms with Crippen molar-refractivity contribution in [1.29, 1.82) is 0 Å². The highest BCUT2D eigenvalue weighted by atomic mass is 127. The fraction of sp³-hybridized carbons (Fsp3) is 0.455. The van der Waals surface area contributed by atoms with E-state index in [0.29, 0.717) is 0 Å². The maximum absolute atomic E-state index is 4.82. The van der Waals surface area contributed by atoms with E-state index in [2.05, 4.69) is 69.6 Å². The standard InChI is InChI=1S/C22H32N6.HI/c1-2-23-22(24-12-7-15-28-16-8-13-25-28)27-19-17-26(18-20-27)14-6-11-21-9-4-3-5-10-21;/h3-6,8-11,13,16H,2,7,12,14-15,17-20H2,1H3,(H,23,24);1H/b11-6+;. The second-order valence-electron chi connectivity index (χ2n) is 6.96. The molecule has 29 heavy (non-hydrogen) atoms. The van der Waals surface area contributed by atoms with Crippen LogP contribution in [-0.4, -0.2) is 71.4 Å². The van der Waals surface area contributed by atoms with E-state index >= 15 is 0 Å². The van der Waals surface area contributed by atoms with E-state index in [9.17, 15) is 0 Å². The quantitative estimate of drug-likeness (QED) is 0.258. The summed E-state index contributed by atoms with van der Waals surface area (Å²) in [6.07, 6.45) is 9.29. The number of aliphatic imine (C=N–C) groups is 1. The Morgan fingerprint density at radius 3 is 2.62 bits per heavy atom. The Bertz CT molecular complexity index is 721. The summed E-state index contributed by atoms with van der Waals surface area (Å²) >= 11 is 0. The molecule has 0 spiro atoms. The fourth-order valence-corrected chi connectivity index (χ4v) is 3.32. The van der Waals surface area contributed by atoms with Crippen LogP contribution >= 0.6 is 24.0 Å². The van der Waals surface area contributed by atoms with Gasteiger partial charge in [-0.1, -0.05) is 42.5 Å². The summed E-state index contributed by atoms with van der Waals surface area (Å²) in [4.78, 5) is 9.70. The van der Waals surface area contributed by atoms with Crippen molar-refractivity contribution in [3.63, 3.8) is 0 Å². The zero-order chi connectivity index (χ0) is 19.4. The smallest absolute Gasteiger partial charge is 0.194 e. The lowest BCUT2D eigenvalue weighted by Crippen LogP contribution is -2.52. The summed E-state index contributed by atoms with van der Waals surface area (Å²) in [5, 5.41) is 7.69. The van der Waals surface area contributed by atoms with Gasteiger partial charge < -0.3 is 10.2 Å². The number of rotatable bonds is 8. The Hall–Kier alpha value is -1.87. The lowest BCUT2D eigenvalue weighted by molar-refractivity contribution is 0.194. The van der Waals surface area contributed by atoms with Crippen molar-refractivity contribution in [1.82, 2.24) is 24.9 Å². The van der Waals surface area contributed by atoms with Crippen LogP contribution in [0.2, 0.25) is 0 Å². The van der Waals surface area contributed by atoms with E-state index in [1.54, 1.807) is 0 Å². The van der Waals surface area contributed by atoms with Crippen molar-refractivity contribution in [3.05, 3.63) is 60.4 Å². The molecule has 1 N–H and O–H groups in total. The van der Waals surface area contributed by atoms with Crippen LogP contribution in [0.1, 0.15) is 18.9 Å². The number of halogens is 1. The minimum atomic E-state index is 0. The van der Waals surface area contributed by atoms with Crippen LogP contribution in [-0.2, 0) is 6.54 Å². The topological polar surface area (TPSA) is 48.7 Å². The molecule has 1 fully saturated rings. The highest BCUT2D eigenvalue weighted by Gasteiger charge is 2.18. The van der Waals surface area contributed by atoms with E-state index < -0.39 is 0 Å². The molecule has 2 heterocycles. The van der Waals surface area contributed by atoms with Crippen LogP contribution in [0.5, 0.6) is 0 Å². The first-order chi connectivity index (χ1) is 13.8. The summed E-state index contributed by atoms with van der Waals surface area (Å²) in [6, 6.07) is 12.4. The zero-order valence-electron chi connectivity index (χ0n) is 17.3. The molecule has 1 aromatic heterocycles. The number of benzene rings is 1. The van der Waals surface area contributed by atoms with Gasteiger partial charge in [-0.2, -0.15) is 5.10 Å². The molecule has 0 unspecified atom stereocenters. The molecule has 7 heteroatoms. The van der Waals surface area contributed by atoms with Crippen LogP contribution in [0.25, 0.3) is 6.08 Å². The molecule has 1 aliphatic heterocycles. The second-order valence-corrected chi connectivity index (χ2v) is 6.96. The third-order valence-electron chi connectivity index (χ3n) is 4.85. The molecule has 0 amide bonds. The molecule has 1 saturated heterocycles. The number of guanidine groups is 1. The Morgan fingerprint density at radius 2 is 1.93 bits per heavy atom. The number of aryl methyl sites for hydroxylation is 1. The van der Waals surface area contributed by atoms with Gasteiger partial charge in [-0.25, -0.2) is 0 Å². The van der Waals surface area contributed by atoms with Gasteiger partial charge in [0.05, 0.1) is 0 Å². The molecule has 0 saturated carbocycles. The van der Waals surface area contributed by atoms with Crippen molar-refractivity contribution >= 4 is 36.0 Å². The Kier molecular flexibility index (Phi) is 10.8. The second kappa shape index (κ2) is 13.4. The number of aromatic nitrogens is 2. The fourth-order valence-electron chi connectivity index (χ4n) is 3.32. The highest BCUT2D eigenvalue weighted by Crippen LogP contribution is 2.05. The predicted molar refractivity (Wildman–Crippen MR) is 132 cm³/mol. The Labute approximate surface area is 191 Å². The van der Waals surface area contributed by atoms with E-state index in [1.165, 1.54) is 5.56 Å². The SMILES string of the molecule is CCNC(=NCCCn1cccn1)N1CCN(C/C=C/c2ccccc2)CC1.I. The highest BCUT2D eigenvalue weighted by molar-refractivity contribution is 14.0. The summed E-state index contributed by atoms with van der Waals surface area (Å²) in [5.74, 6) is 1.04. The van der Waals surface area contributed by atoms with Gasteiger partial charge in [0.15, 0.2) is 5.96 Å². The summed E-state index contributed by atoms with van der Waals surface area (Å²) < 4.78 is 1.96. The van der Waals surface area contributed by atoms with Crippen LogP contribution in [0.4, 0.5) is 0 Å². The minimum Gasteiger partial charge on any atom is -0.357 e. The molecule has 1 aromatic carbocycles. The number of hydrogen-bond donors (Lipinski definition) is 1. The van der Waals surface area contributed by atoms with Gasteiger partial charge >= 0.3 is 0 Å². The van der Waals surface area contributed by atoms with Gasteiger partial charge in [-0.05, 0) is 25.0 Å². The van der Waals surface area contributed by atoms with E-state index in [0.717, 1.165) is 64.7 Å². The van der Waals surface area contributed by atoms with Gasteiger partial charge in [0, 0.05) is 64.8 Å².